The number of sulfonamides is 1. The molecule has 0 radical (unpaired) electrons. The molecule has 0 aliphatic carbocycles. The zero-order valence-electron chi connectivity index (χ0n) is 11.5. The van der Waals surface area contributed by atoms with Crippen molar-refractivity contribution in [1.82, 2.24) is 4.72 Å². The lowest BCUT2D eigenvalue weighted by Gasteiger charge is -2.08. The Morgan fingerprint density at radius 2 is 1.95 bits per heavy atom. The Labute approximate surface area is 133 Å². The minimum absolute atomic E-state index is 0.100. The smallest absolute Gasteiger partial charge is 0.240 e. The van der Waals surface area contributed by atoms with E-state index in [0.717, 1.165) is 11.3 Å². The van der Waals surface area contributed by atoms with Crippen molar-refractivity contribution < 1.29 is 13.5 Å². The first-order valence-electron chi connectivity index (χ1n) is 6.43. The van der Waals surface area contributed by atoms with Gasteiger partial charge < -0.3 is 5.11 Å². The van der Waals surface area contributed by atoms with Crippen molar-refractivity contribution in [2.75, 3.05) is 0 Å². The highest BCUT2D eigenvalue weighted by atomic mass is 35.5. The highest BCUT2D eigenvalue weighted by Gasteiger charge is 2.15. The summed E-state index contributed by atoms with van der Waals surface area (Å²) in [6.07, 6.45) is 0.939. The van der Waals surface area contributed by atoms with Gasteiger partial charge in [-0.3, -0.25) is 0 Å². The molecule has 4 nitrogen and oxygen atoms in total. The van der Waals surface area contributed by atoms with Crippen LogP contribution in [-0.4, -0.2) is 13.5 Å². The zero-order valence-corrected chi connectivity index (χ0v) is 13.9. The van der Waals surface area contributed by atoms with Gasteiger partial charge in [0.25, 0.3) is 0 Å². The number of aliphatic hydroxyl groups excluding tert-OH is 1. The molecule has 114 valence electrons. The SMILES string of the molecule is CCc1ccc(CNS(=O)(=O)c2ccc(Cl)c(CO)c2)s1. The van der Waals surface area contributed by atoms with Gasteiger partial charge in [-0.15, -0.1) is 11.3 Å². The molecule has 0 atom stereocenters. The van der Waals surface area contributed by atoms with E-state index in [4.69, 9.17) is 16.7 Å². The van der Waals surface area contributed by atoms with Crippen LogP contribution in [0.1, 0.15) is 22.2 Å². The van der Waals surface area contributed by atoms with E-state index in [1.807, 2.05) is 12.1 Å². The quantitative estimate of drug-likeness (QED) is 0.846. The van der Waals surface area contributed by atoms with Gasteiger partial charge in [0.15, 0.2) is 0 Å². The predicted molar refractivity (Wildman–Crippen MR) is 85.1 cm³/mol. The van der Waals surface area contributed by atoms with E-state index in [2.05, 4.69) is 11.6 Å². The summed E-state index contributed by atoms with van der Waals surface area (Å²) in [6.45, 7) is 2.01. The Morgan fingerprint density at radius 1 is 1.24 bits per heavy atom. The highest BCUT2D eigenvalue weighted by Crippen LogP contribution is 2.21. The van der Waals surface area contributed by atoms with Gasteiger partial charge in [-0.2, -0.15) is 0 Å². The summed E-state index contributed by atoms with van der Waals surface area (Å²) in [5.41, 5.74) is 0.393. The van der Waals surface area contributed by atoms with Crippen LogP contribution in [0.25, 0.3) is 0 Å². The summed E-state index contributed by atoms with van der Waals surface area (Å²) in [4.78, 5) is 2.29. The number of halogens is 1. The van der Waals surface area contributed by atoms with Gasteiger partial charge in [0.05, 0.1) is 11.5 Å². The van der Waals surface area contributed by atoms with Gasteiger partial charge >= 0.3 is 0 Å². The third kappa shape index (κ3) is 4.05. The van der Waals surface area contributed by atoms with E-state index in [-0.39, 0.29) is 18.0 Å². The Bertz CT molecular complexity index is 726. The predicted octanol–water partition coefficient (Wildman–Crippen LogP) is 2.93. The Hall–Kier alpha value is -0.920. The van der Waals surface area contributed by atoms with E-state index in [1.165, 1.54) is 23.1 Å². The maximum Gasteiger partial charge on any atom is 0.240 e. The van der Waals surface area contributed by atoms with Gasteiger partial charge in [0, 0.05) is 21.3 Å². The Kier molecular flexibility index (Phi) is 5.40. The number of hydrogen-bond donors (Lipinski definition) is 2. The van der Waals surface area contributed by atoms with Crippen molar-refractivity contribution in [3.8, 4) is 0 Å². The minimum Gasteiger partial charge on any atom is -0.392 e. The molecular weight excluding hydrogens is 330 g/mol. The van der Waals surface area contributed by atoms with Crippen molar-refractivity contribution in [2.24, 2.45) is 0 Å². The van der Waals surface area contributed by atoms with Crippen LogP contribution in [0.5, 0.6) is 0 Å². The zero-order chi connectivity index (χ0) is 15.5. The number of nitrogens with one attached hydrogen (secondary N) is 1. The summed E-state index contributed by atoms with van der Waals surface area (Å²) < 4.78 is 27.0. The van der Waals surface area contributed by atoms with Crippen LogP contribution in [0.4, 0.5) is 0 Å². The van der Waals surface area contributed by atoms with Gasteiger partial charge in [0.1, 0.15) is 0 Å². The lowest BCUT2D eigenvalue weighted by Crippen LogP contribution is -2.22. The first kappa shape index (κ1) is 16.5. The van der Waals surface area contributed by atoms with Gasteiger partial charge in [0.2, 0.25) is 10.0 Å². The molecule has 21 heavy (non-hydrogen) atoms. The summed E-state index contributed by atoms with van der Waals surface area (Å²) in [7, 11) is -3.62. The molecule has 0 saturated heterocycles. The standard InChI is InChI=1S/C14H16ClNO3S2/c1-2-11-3-4-12(20-11)8-16-21(18,19)13-5-6-14(15)10(7-13)9-17/h3-7,16-17H,2,8-9H2,1H3. The van der Waals surface area contributed by atoms with Crippen molar-refractivity contribution in [1.29, 1.82) is 0 Å². The largest absolute Gasteiger partial charge is 0.392 e. The van der Waals surface area contributed by atoms with Gasteiger partial charge in [-0.1, -0.05) is 18.5 Å². The van der Waals surface area contributed by atoms with Crippen LogP contribution in [-0.2, 0) is 29.6 Å². The first-order valence-corrected chi connectivity index (χ1v) is 9.10. The molecule has 1 aromatic heterocycles. The van der Waals surface area contributed by atoms with E-state index in [9.17, 15) is 8.42 Å². The summed E-state index contributed by atoms with van der Waals surface area (Å²) >= 11 is 7.46. The molecule has 0 bridgehead atoms. The number of rotatable bonds is 6. The minimum atomic E-state index is -3.62. The summed E-state index contributed by atoms with van der Waals surface area (Å²) in [5, 5.41) is 9.50. The van der Waals surface area contributed by atoms with Gasteiger partial charge in [-0.25, -0.2) is 13.1 Å². The molecule has 7 heteroatoms. The molecule has 2 rings (SSSR count). The van der Waals surface area contributed by atoms with Crippen molar-refractivity contribution in [2.45, 2.75) is 31.4 Å². The van der Waals surface area contributed by atoms with Crippen LogP contribution in [0.15, 0.2) is 35.2 Å². The van der Waals surface area contributed by atoms with Gasteiger partial charge in [-0.05, 0) is 42.3 Å². The molecule has 2 aromatic rings. The number of benzene rings is 1. The van der Waals surface area contributed by atoms with Crippen LogP contribution in [0.3, 0.4) is 0 Å². The fourth-order valence-electron chi connectivity index (χ4n) is 1.80. The van der Waals surface area contributed by atoms with E-state index in [1.54, 1.807) is 11.3 Å². The third-order valence-electron chi connectivity index (χ3n) is 3.00. The molecule has 0 fully saturated rings. The molecule has 0 spiro atoms. The second-order valence-electron chi connectivity index (χ2n) is 4.46. The molecule has 1 heterocycles. The molecule has 0 amide bonds. The fraction of sp³-hybridized carbons (Fsp3) is 0.286. The maximum absolute atomic E-state index is 12.2. The molecule has 2 N–H and O–H groups in total. The maximum atomic E-state index is 12.2. The monoisotopic (exact) mass is 345 g/mol. The third-order valence-corrected chi connectivity index (χ3v) is 6.00. The lowest BCUT2D eigenvalue weighted by atomic mass is 10.2. The summed E-state index contributed by atoms with van der Waals surface area (Å²) in [6, 6.07) is 8.21. The highest BCUT2D eigenvalue weighted by molar-refractivity contribution is 7.89. The number of thiophene rings is 1. The fourth-order valence-corrected chi connectivity index (χ4v) is 4.02. The van der Waals surface area contributed by atoms with E-state index in [0.29, 0.717) is 10.6 Å². The Morgan fingerprint density at radius 3 is 2.57 bits per heavy atom. The molecule has 0 aliphatic rings. The molecule has 0 unspecified atom stereocenters. The molecule has 0 aliphatic heterocycles. The second kappa shape index (κ2) is 6.89. The average molecular weight is 346 g/mol. The number of aliphatic hydroxyl groups is 1. The van der Waals surface area contributed by atoms with Crippen molar-refractivity contribution in [3.05, 3.63) is 50.7 Å². The average Bonchev–Trinajstić information content (AvgIpc) is 2.93. The molecular formula is C14H16ClNO3S2. The Balaban J connectivity index is 2.14. The first-order chi connectivity index (χ1) is 9.96. The van der Waals surface area contributed by atoms with Crippen molar-refractivity contribution >= 4 is 33.0 Å². The van der Waals surface area contributed by atoms with Crippen molar-refractivity contribution in [3.63, 3.8) is 0 Å². The number of aryl methyl sites for hydroxylation is 1. The van der Waals surface area contributed by atoms with Crippen LogP contribution < -0.4 is 4.72 Å². The lowest BCUT2D eigenvalue weighted by molar-refractivity contribution is 0.281. The van der Waals surface area contributed by atoms with Crippen LogP contribution >= 0.6 is 22.9 Å². The topological polar surface area (TPSA) is 66.4 Å². The van der Waals surface area contributed by atoms with Crippen LogP contribution in [0, 0.1) is 0 Å². The summed E-state index contributed by atoms with van der Waals surface area (Å²) in [5.74, 6) is 0. The van der Waals surface area contributed by atoms with E-state index < -0.39 is 10.0 Å². The molecule has 0 saturated carbocycles. The molecule has 1 aromatic carbocycles. The van der Waals surface area contributed by atoms with Crippen LogP contribution in [0.2, 0.25) is 5.02 Å². The number of hydrogen-bond acceptors (Lipinski definition) is 4. The normalized spacial score (nSPS) is 11.8. The second-order valence-corrected chi connectivity index (χ2v) is 7.88. The van der Waals surface area contributed by atoms with E-state index >= 15 is 0 Å².